The van der Waals surface area contributed by atoms with Crippen LogP contribution >= 0.6 is 38.6 Å². The molecule has 1 nitrogen and oxygen atoms in total. The lowest BCUT2D eigenvalue weighted by Crippen LogP contribution is -2.21. The Bertz CT molecular complexity index is 1310. The Morgan fingerprint density at radius 1 is 0.667 bits per heavy atom. The predicted octanol–water partition coefficient (Wildman–Crippen LogP) is 12.8. The number of unbranched alkanes of at least 4 members (excludes halogenated alkanes) is 8. The lowest BCUT2D eigenvalue weighted by atomic mass is 10.1. The van der Waals surface area contributed by atoms with E-state index in [4.69, 9.17) is 6.42 Å². The maximum atomic E-state index is 5.06. The molecule has 2 aromatic heterocycles. The summed E-state index contributed by atoms with van der Waals surface area (Å²) in [5, 5.41) is 6.87. The first-order chi connectivity index (χ1) is 20.5. The Morgan fingerprint density at radius 3 is 1.74 bits per heavy atom. The zero-order chi connectivity index (χ0) is 30.8. The molecule has 0 N–H and O–H groups in total. The van der Waals surface area contributed by atoms with Gasteiger partial charge in [-0.2, -0.15) is 0 Å². The average molecular weight is 667 g/mol. The fraction of sp³-hybridized carbons (Fsp3) is 0.474. The first-order valence-corrected chi connectivity index (χ1v) is 18.3. The van der Waals surface area contributed by atoms with E-state index in [-0.39, 0.29) is 0 Å². The third-order valence-corrected chi connectivity index (χ3v) is 9.06. The van der Waals surface area contributed by atoms with Gasteiger partial charge in [-0.25, -0.2) is 0 Å². The smallest absolute Gasteiger partial charge is 0.0343 e. The van der Waals surface area contributed by atoms with Crippen molar-refractivity contribution in [3.05, 3.63) is 69.3 Å². The Morgan fingerprint density at radius 2 is 1.21 bits per heavy atom. The number of halogens is 1. The van der Waals surface area contributed by atoms with E-state index in [9.17, 15) is 0 Å². The Hall–Kier alpha value is -2.08. The molecule has 4 rings (SSSR count). The van der Waals surface area contributed by atoms with Crippen LogP contribution in [0.5, 0.6) is 0 Å². The van der Waals surface area contributed by atoms with Gasteiger partial charge in [-0.3, -0.25) is 0 Å². The molecule has 0 fully saturated rings. The number of terminal acetylenes is 1. The summed E-state index contributed by atoms with van der Waals surface area (Å²) < 4.78 is 3.85. The van der Waals surface area contributed by atoms with Gasteiger partial charge in [-0.1, -0.05) is 101 Å². The van der Waals surface area contributed by atoms with Crippen molar-refractivity contribution in [2.45, 2.75) is 98.8 Å². The number of hydrogen-bond donors (Lipinski definition) is 0. The topological polar surface area (TPSA) is 3.24 Å². The fourth-order valence-corrected chi connectivity index (χ4v) is 6.03. The summed E-state index contributed by atoms with van der Waals surface area (Å²) in [6.07, 6.45) is 17.4. The minimum atomic E-state index is 0.958. The van der Waals surface area contributed by atoms with Crippen molar-refractivity contribution in [2.75, 3.05) is 19.6 Å². The molecule has 4 heteroatoms. The summed E-state index contributed by atoms with van der Waals surface area (Å²) in [4.78, 5) is 2.38. The fourth-order valence-electron chi connectivity index (χ4n) is 4.11. The summed E-state index contributed by atoms with van der Waals surface area (Å²) in [6, 6.07) is 17.1. The van der Waals surface area contributed by atoms with Crippen LogP contribution in [0, 0.1) is 24.2 Å². The van der Waals surface area contributed by atoms with E-state index in [1.165, 1.54) is 91.2 Å². The standard InChI is InChI=1S/C16H18S.C8H5BrS.C8H14.C6H15N/c1-2-3-4-5-6-7-8-14-9-10-16-15(13-14)11-12-17-16;9-7-1-2-8-6(5-7)3-4-10-8;1-3-5-7-8-6-4-2;1-4-7(5-2)6-3/h9-13H,2-6H2,1H3;1-5H;1H,4-8H2,2H3;4-6H2,1-3H3. The molecule has 0 unspecified atom stereocenters. The zero-order valence-corrected chi connectivity index (χ0v) is 29.9. The third-order valence-electron chi connectivity index (χ3n) is 6.77. The highest BCUT2D eigenvalue weighted by molar-refractivity contribution is 9.10. The van der Waals surface area contributed by atoms with Crippen LogP contribution in [0.1, 0.15) is 104 Å². The molecule has 0 amide bonds. The lowest BCUT2D eigenvalue weighted by molar-refractivity contribution is 0.321. The second-order valence-electron chi connectivity index (χ2n) is 10.0. The SMILES string of the molecule is Brc1ccc2sccc2c1.C#CCCCCCC.CCCCCCC#Cc1ccc2sccc2c1.CCN(CC)CC. The minimum absolute atomic E-state index is 0.958. The van der Waals surface area contributed by atoms with Gasteiger partial charge in [0.1, 0.15) is 0 Å². The quantitative estimate of drug-likeness (QED) is 0.114. The first-order valence-electron chi connectivity index (χ1n) is 15.8. The molecule has 2 heterocycles. The Kier molecular flexibility index (Phi) is 23.0. The molecule has 0 aliphatic heterocycles. The lowest BCUT2D eigenvalue weighted by Gasteiger charge is -2.13. The summed E-state index contributed by atoms with van der Waals surface area (Å²) in [6.45, 7) is 14.6. The molecular formula is C38H52BrNS2. The van der Waals surface area contributed by atoms with E-state index in [0.29, 0.717) is 0 Å². The van der Waals surface area contributed by atoms with Gasteiger partial charge in [-0.15, -0.1) is 35.0 Å². The first kappa shape index (κ1) is 37.9. The van der Waals surface area contributed by atoms with Gasteiger partial charge in [0.25, 0.3) is 0 Å². The van der Waals surface area contributed by atoms with Gasteiger partial charge in [-0.05, 0) is 103 Å². The second-order valence-corrected chi connectivity index (χ2v) is 12.8. The van der Waals surface area contributed by atoms with E-state index >= 15 is 0 Å². The number of hydrogen-bond acceptors (Lipinski definition) is 3. The highest BCUT2D eigenvalue weighted by Gasteiger charge is 1.95. The number of benzene rings is 2. The maximum Gasteiger partial charge on any atom is 0.0343 e. The van der Waals surface area contributed by atoms with Crippen LogP contribution in [0.3, 0.4) is 0 Å². The summed E-state index contributed by atoms with van der Waals surface area (Å²) in [7, 11) is 0. The normalized spacial score (nSPS) is 9.95. The van der Waals surface area contributed by atoms with Gasteiger partial charge >= 0.3 is 0 Å². The van der Waals surface area contributed by atoms with Crippen LogP contribution in [0.4, 0.5) is 0 Å². The van der Waals surface area contributed by atoms with Crippen LogP contribution < -0.4 is 0 Å². The molecule has 0 aliphatic carbocycles. The van der Waals surface area contributed by atoms with Crippen molar-refractivity contribution in [2.24, 2.45) is 0 Å². The number of thiophene rings is 2. The van der Waals surface area contributed by atoms with Crippen molar-refractivity contribution in [3.8, 4) is 24.2 Å². The second kappa shape index (κ2) is 25.4. The van der Waals surface area contributed by atoms with Gasteiger partial charge in [0.2, 0.25) is 0 Å². The Balaban J connectivity index is 0.000000303. The van der Waals surface area contributed by atoms with Gasteiger partial charge < -0.3 is 4.90 Å². The van der Waals surface area contributed by atoms with Crippen molar-refractivity contribution < 1.29 is 0 Å². The maximum absolute atomic E-state index is 5.06. The minimum Gasteiger partial charge on any atom is -0.304 e. The number of fused-ring (bicyclic) bond motifs is 2. The molecule has 0 saturated heterocycles. The van der Waals surface area contributed by atoms with Crippen LogP contribution in [-0.4, -0.2) is 24.5 Å². The molecule has 0 saturated carbocycles. The number of rotatable bonds is 11. The van der Waals surface area contributed by atoms with E-state index in [0.717, 1.165) is 22.9 Å². The predicted molar refractivity (Wildman–Crippen MR) is 198 cm³/mol. The van der Waals surface area contributed by atoms with E-state index in [2.05, 4.69) is 133 Å². The number of nitrogens with zero attached hydrogens (tertiary/aromatic N) is 1. The molecule has 0 bridgehead atoms. The zero-order valence-electron chi connectivity index (χ0n) is 26.7. The highest BCUT2D eigenvalue weighted by atomic mass is 79.9. The summed E-state index contributed by atoms with van der Waals surface area (Å²) >= 11 is 6.98. The molecule has 0 spiro atoms. The van der Waals surface area contributed by atoms with Crippen LogP contribution in [-0.2, 0) is 0 Å². The van der Waals surface area contributed by atoms with E-state index in [1.54, 1.807) is 22.7 Å². The third kappa shape index (κ3) is 17.1. The largest absolute Gasteiger partial charge is 0.304 e. The Labute approximate surface area is 274 Å². The van der Waals surface area contributed by atoms with Crippen molar-refractivity contribution >= 4 is 58.8 Å². The van der Waals surface area contributed by atoms with E-state index < -0.39 is 0 Å². The molecular weight excluding hydrogens is 614 g/mol. The molecule has 4 aromatic rings. The van der Waals surface area contributed by atoms with Crippen molar-refractivity contribution in [1.82, 2.24) is 4.90 Å². The van der Waals surface area contributed by atoms with Crippen LogP contribution in [0.25, 0.3) is 20.2 Å². The summed E-state index contributed by atoms with van der Waals surface area (Å²) in [5.41, 5.74) is 1.14. The van der Waals surface area contributed by atoms with Crippen LogP contribution in [0.2, 0.25) is 0 Å². The van der Waals surface area contributed by atoms with Gasteiger partial charge in [0, 0.05) is 32.3 Å². The molecule has 0 aliphatic rings. The van der Waals surface area contributed by atoms with E-state index in [1.807, 2.05) is 0 Å². The van der Waals surface area contributed by atoms with Gasteiger partial charge in [0.05, 0.1) is 0 Å². The molecule has 42 heavy (non-hydrogen) atoms. The van der Waals surface area contributed by atoms with Gasteiger partial charge in [0.15, 0.2) is 0 Å². The molecule has 0 atom stereocenters. The summed E-state index contributed by atoms with van der Waals surface area (Å²) in [5.74, 6) is 9.16. The molecule has 0 radical (unpaired) electrons. The van der Waals surface area contributed by atoms with Crippen molar-refractivity contribution in [3.63, 3.8) is 0 Å². The highest BCUT2D eigenvalue weighted by Crippen LogP contribution is 2.24. The van der Waals surface area contributed by atoms with Crippen molar-refractivity contribution in [1.29, 1.82) is 0 Å². The molecule has 2 aromatic carbocycles. The average Bonchev–Trinajstić information content (AvgIpc) is 3.68. The monoisotopic (exact) mass is 665 g/mol. The molecule has 228 valence electrons. The van der Waals surface area contributed by atoms with Crippen LogP contribution in [0.15, 0.2) is 63.8 Å².